The van der Waals surface area contributed by atoms with Crippen molar-refractivity contribution in [1.82, 2.24) is 14.9 Å². The Morgan fingerprint density at radius 1 is 1.23 bits per heavy atom. The van der Waals surface area contributed by atoms with E-state index in [1.54, 1.807) is 0 Å². The summed E-state index contributed by atoms with van der Waals surface area (Å²) in [4.78, 5) is 14.3. The van der Waals surface area contributed by atoms with Crippen LogP contribution in [0.25, 0.3) is 10.2 Å². The molecule has 0 spiro atoms. The molecule has 0 fully saturated rings. The number of aryl methyl sites for hydroxylation is 3. The molecule has 0 radical (unpaired) electrons. The van der Waals surface area contributed by atoms with Gasteiger partial charge in [0, 0.05) is 18.0 Å². The van der Waals surface area contributed by atoms with Crippen molar-refractivity contribution in [3.05, 3.63) is 16.3 Å². The molecule has 2 heterocycles. The Balaban J connectivity index is 1.90. The van der Waals surface area contributed by atoms with E-state index in [0.717, 1.165) is 29.6 Å². The number of aromatic nitrogens is 2. The zero-order valence-electron chi connectivity index (χ0n) is 14.3. The Kier molecular flexibility index (Phi) is 4.12. The lowest BCUT2D eigenvalue weighted by atomic mass is 9.93. The summed E-state index contributed by atoms with van der Waals surface area (Å²) in [7, 11) is 4.25. The molecule has 0 aliphatic heterocycles. The molecular weight excluding hydrogens is 292 g/mol. The maximum absolute atomic E-state index is 4.70. The van der Waals surface area contributed by atoms with Crippen LogP contribution >= 0.6 is 11.3 Å². The third-order valence-corrected chi connectivity index (χ3v) is 5.34. The van der Waals surface area contributed by atoms with Crippen molar-refractivity contribution >= 4 is 27.4 Å². The molecule has 1 N–H and O–H groups in total. The van der Waals surface area contributed by atoms with Gasteiger partial charge < -0.3 is 10.2 Å². The average Bonchev–Trinajstić information content (AvgIpc) is 2.94. The summed E-state index contributed by atoms with van der Waals surface area (Å²) in [6.45, 7) is 8.54. The SMILES string of the molecule is Cc1nc(NCC(C)(C)CN(C)C)c2c3c(sc2n1)CCC3. The van der Waals surface area contributed by atoms with E-state index in [-0.39, 0.29) is 5.41 Å². The van der Waals surface area contributed by atoms with Gasteiger partial charge in [-0.15, -0.1) is 11.3 Å². The highest BCUT2D eigenvalue weighted by molar-refractivity contribution is 7.19. The number of nitrogens with zero attached hydrogens (tertiary/aromatic N) is 3. The molecule has 0 saturated heterocycles. The van der Waals surface area contributed by atoms with Gasteiger partial charge in [-0.25, -0.2) is 9.97 Å². The van der Waals surface area contributed by atoms with Crippen LogP contribution < -0.4 is 5.32 Å². The Bertz CT molecular complexity index is 688. The van der Waals surface area contributed by atoms with Crippen LogP contribution in [0.15, 0.2) is 0 Å². The van der Waals surface area contributed by atoms with Gasteiger partial charge in [0.05, 0.1) is 5.39 Å². The lowest BCUT2D eigenvalue weighted by Crippen LogP contribution is -2.34. The van der Waals surface area contributed by atoms with E-state index >= 15 is 0 Å². The predicted molar refractivity (Wildman–Crippen MR) is 95.0 cm³/mol. The lowest BCUT2D eigenvalue weighted by molar-refractivity contribution is 0.254. The summed E-state index contributed by atoms with van der Waals surface area (Å²) in [6, 6.07) is 0. The van der Waals surface area contributed by atoms with Gasteiger partial charge >= 0.3 is 0 Å². The van der Waals surface area contributed by atoms with Crippen LogP contribution in [-0.2, 0) is 12.8 Å². The lowest BCUT2D eigenvalue weighted by Gasteiger charge is -2.28. The minimum atomic E-state index is 0.202. The molecule has 1 aliphatic carbocycles. The smallest absolute Gasteiger partial charge is 0.138 e. The first-order valence-electron chi connectivity index (χ1n) is 8.03. The van der Waals surface area contributed by atoms with Crippen molar-refractivity contribution < 1.29 is 0 Å². The van der Waals surface area contributed by atoms with Gasteiger partial charge in [0.1, 0.15) is 16.5 Å². The molecule has 0 amide bonds. The van der Waals surface area contributed by atoms with E-state index in [9.17, 15) is 0 Å². The zero-order chi connectivity index (χ0) is 15.9. The second-order valence-corrected chi connectivity index (χ2v) is 8.50. The van der Waals surface area contributed by atoms with Gasteiger partial charge in [0.2, 0.25) is 0 Å². The summed E-state index contributed by atoms with van der Waals surface area (Å²) < 4.78 is 0. The van der Waals surface area contributed by atoms with Crippen molar-refractivity contribution in [1.29, 1.82) is 0 Å². The van der Waals surface area contributed by atoms with E-state index in [1.807, 2.05) is 18.3 Å². The number of thiophene rings is 1. The van der Waals surface area contributed by atoms with Crippen LogP contribution in [0.3, 0.4) is 0 Å². The molecule has 3 rings (SSSR count). The number of hydrogen-bond acceptors (Lipinski definition) is 5. The highest BCUT2D eigenvalue weighted by atomic mass is 32.1. The van der Waals surface area contributed by atoms with Gasteiger partial charge in [-0.3, -0.25) is 0 Å². The monoisotopic (exact) mass is 318 g/mol. The van der Waals surface area contributed by atoms with E-state index in [4.69, 9.17) is 4.98 Å². The fourth-order valence-electron chi connectivity index (χ4n) is 3.47. The maximum Gasteiger partial charge on any atom is 0.138 e. The molecule has 0 unspecified atom stereocenters. The number of nitrogens with one attached hydrogen (secondary N) is 1. The van der Waals surface area contributed by atoms with E-state index in [2.05, 4.69) is 43.1 Å². The van der Waals surface area contributed by atoms with Crippen molar-refractivity contribution in [2.45, 2.75) is 40.0 Å². The first-order valence-corrected chi connectivity index (χ1v) is 8.85. The third kappa shape index (κ3) is 3.10. The van der Waals surface area contributed by atoms with E-state index in [0.29, 0.717) is 0 Å². The first kappa shape index (κ1) is 15.7. The minimum Gasteiger partial charge on any atom is -0.369 e. The maximum atomic E-state index is 4.70. The van der Waals surface area contributed by atoms with Crippen LogP contribution in [-0.4, -0.2) is 42.1 Å². The largest absolute Gasteiger partial charge is 0.369 e. The quantitative estimate of drug-likeness (QED) is 0.916. The van der Waals surface area contributed by atoms with Crippen LogP contribution in [0.1, 0.15) is 36.5 Å². The predicted octanol–water partition coefficient (Wildman–Crippen LogP) is 3.49. The summed E-state index contributed by atoms with van der Waals surface area (Å²) in [5.74, 6) is 1.90. The Morgan fingerprint density at radius 3 is 2.73 bits per heavy atom. The molecule has 2 aromatic heterocycles. The minimum absolute atomic E-state index is 0.202. The van der Waals surface area contributed by atoms with Gasteiger partial charge in [-0.05, 0) is 51.3 Å². The van der Waals surface area contributed by atoms with E-state index < -0.39 is 0 Å². The van der Waals surface area contributed by atoms with Crippen LogP contribution in [0.2, 0.25) is 0 Å². The standard InChI is InChI=1S/C17H26N4S/c1-11-19-15(18-9-17(2,3)10-21(4)5)14-12-7-6-8-13(12)22-16(14)20-11/h6-10H2,1-5H3,(H,18,19,20). The highest BCUT2D eigenvalue weighted by Gasteiger charge is 2.24. The summed E-state index contributed by atoms with van der Waals surface area (Å²) >= 11 is 1.86. The molecule has 4 nitrogen and oxygen atoms in total. The Hall–Kier alpha value is -1.20. The average molecular weight is 318 g/mol. The van der Waals surface area contributed by atoms with Gasteiger partial charge in [-0.2, -0.15) is 0 Å². The van der Waals surface area contributed by atoms with Crippen molar-refractivity contribution in [2.24, 2.45) is 5.41 Å². The van der Waals surface area contributed by atoms with Crippen molar-refractivity contribution in [2.75, 3.05) is 32.5 Å². The molecule has 1 aliphatic rings. The highest BCUT2D eigenvalue weighted by Crippen LogP contribution is 2.39. The second kappa shape index (κ2) is 5.78. The molecule has 0 atom stereocenters. The normalized spacial score (nSPS) is 14.8. The third-order valence-electron chi connectivity index (χ3n) is 4.16. The molecule has 2 aromatic rings. The fraction of sp³-hybridized carbons (Fsp3) is 0.647. The summed E-state index contributed by atoms with van der Waals surface area (Å²) in [6.07, 6.45) is 3.66. The van der Waals surface area contributed by atoms with Crippen LogP contribution in [0.5, 0.6) is 0 Å². The topological polar surface area (TPSA) is 41.1 Å². The van der Waals surface area contributed by atoms with Gasteiger partial charge in [0.15, 0.2) is 0 Å². The Labute approximate surface area is 137 Å². The molecule has 0 bridgehead atoms. The number of fused-ring (bicyclic) bond motifs is 3. The summed E-state index contributed by atoms with van der Waals surface area (Å²) in [5.41, 5.74) is 1.70. The molecule has 120 valence electrons. The number of hydrogen-bond donors (Lipinski definition) is 1. The van der Waals surface area contributed by atoms with Crippen LogP contribution in [0.4, 0.5) is 5.82 Å². The Morgan fingerprint density at radius 2 is 2.00 bits per heavy atom. The van der Waals surface area contributed by atoms with Crippen molar-refractivity contribution in [3.63, 3.8) is 0 Å². The molecule has 0 saturated carbocycles. The second-order valence-electron chi connectivity index (χ2n) is 7.41. The van der Waals surface area contributed by atoms with E-state index in [1.165, 1.54) is 35.1 Å². The number of anilines is 1. The number of rotatable bonds is 5. The van der Waals surface area contributed by atoms with Crippen LogP contribution in [0, 0.1) is 12.3 Å². The van der Waals surface area contributed by atoms with Gasteiger partial charge in [-0.1, -0.05) is 13.8 Å². The fourth-order valence-corrected chi connectivity index (χ4v) is 4.77. The molecular formula is C17H26N4S. The first-order chi connectivity index (χ1) is 10.4. The zero-order valence-corrected chi connectivity index (χ0v) is 15.1. The van der Waals surface area contributed by atoms with Gasteiger partial charge in [0.25, 0.3) is 0 Å². The molecule has 5 heteroatoms. The molecule has 22 heavy (non-hydrogen) atoms. The molecule has 0 aromatic carbocycles. The summed E-state index contributed by atoms with van der Waals surface area (Å²) in [5, 5.41) is 4.90. The van der Waals surface area contributed by atoms with Crippen molar-refractivity contribution in [3.8, 4) is 0 Å².